The number of carbonyl (C=O) groups is 2. The van der Waals surface area contributed by atoms with E-state index in [1.54, 1.807) is 19.1 Å². The Morgan fingerprint density at radius 1 is 1.28 bits per heavy atom. The molecule has 0 N–H and O–H groups in total. The Labute approximate surface area is 112 Å². The van der Waals surface area contributed by atoms with Gasteiger partial charge in [0.2, 0.25) is 0 Å². The fourth-order valence-corrected chi connectivity index (χ4v) is 1.84. The second kappa shape index (κ2) is 7.17. The van der Waals surface area contributed by atoms with Crippen LogP contribution in [0.2, 0.25) is 5.02 Å². The monoisotopic (exact) mass is 268 g/mol. The van der Waals surface area contributed by atoms with E-state index in [1.807, 2.05) is 13.0 Å². The summed E-state index contributed by atoms with van der Waals surface area (Å²) in [5, 5.41) is 0.460. The van der Waals surface area contributed by atoms with Gasteiger partial charge >= 0.3 is 5.97 Å². The van der Waals surface area contributed by atoms with Crippen LogP contribution in [0.3, 0.4) is 0 Å². The summed E-state index contributed by atoms with van der Waals surface area (Å²) in [5.74, 6) is -0.298. The maximum absolute atomic E-state index is 11.9. The number of halogens is 1. The molecule has 3 nitrogen and oxygen atoms in total. The lowest BCUT2D eigenvalue weighted by molar-refractivity contribution is -0.143. The molecule has 0 saturated carbocycles. The maximum Gasteiger partial charge on any atom is 0.305 e. The van der Waals surface area contributed by atoms with Gasteiger partial charge in [-0.3, -0.25) is 9.59 Å². The van der Waals surface area contributed by atoms with Gasteiger partial charge in [-0.25, -0.2) is 0 Å². The Morgan fingerprint density at radius 3 is 2.67 bits per heavy atom. The second-order valence-electron chi connectivity index (χ2n) is 4.07. The molecule has 0 fully saturated rings. The van der Waals surface area contributed by atoms with Crippen LogP contribution >= 0.6 is 11.6 Å². The van der Waals surface area contributed by atoms with E-state index in [9.17, 15) is 9.59 Å². The van der Waals surface area contributed by atoms with Gasteiger partial charge in [-0.05, 0) is 32.4 Å². The van der Waals surface area contributed by atoms with Gasteiger partial charge in [0.1, 0.15) is 0 Å². The minimum absolute atomic E-state index is 0.0343. The fraction of sp³-hybridized carbons (Fsp3) is 0.429. The number of Topliss-reactive ketones (excluding diaryl/α,β-unsaturated/α-hetero) is 1. The second-order valence-corrected chi connectivity index (χ2v) is 4.47. The van der Waals surface area contributed by atoms with Crippen LogP contribution in [0.15, 0.2) is 18.2 Å². The van der Waals surface area contributed by atoms with Crippen molar-refractivity contribution < 1.29 is 14.3 Å². The van der Waals surface area contributed by atoms with Crippen LogP contribution in [0.4, 0.5) is 0 Å². The summed E-state index contributed by atoms with van der Waals surface area (Å²) in [4.78, 5) is 23.0. The number of benzene rings is 1. The molecular weight excluding hydrogens is 252 g/mol. The number of hydrogen-bond donors (Lipinski definition) is 0. The SMILES string of the molecule is CCOC(=O)CCCC(=O)c1cc(C)ccc1Cl. The highest BCUT2D eigenvalue weighted by atomic mass is 35.5. The average molecular weight is 269 g/mol. The number of hydrogen-bond acceptors (Lipinski definition) is 3. The average Bonchev–Trinajstić information content (AvgIpc) is 2.32. The van der Waals surface area contributed by atoms with Crippen molar-refractivity contribution in [2.75, 3.05) is 6.61 Å². The van der Waals surface area contributed by atoms with E-state index in [2.05, 4.69) is 0 Å². The highest BCUT2D eigenvalue weighted by Gasteiger charge is 2.11. The predicted octanol–water partition coefficient (Wildman–Crippen LogP) is 3.56. The zero-order valence-electron chi connectivity index (χ0n) is 10.7. The first-order valence-electron chi connectivity index (χ1n) is 5.99. The fourth-order valence-electron chi connectivity index (χ4n) is 1.61. The largest absolute Gasteiger partial charge is 0.466 e. The van der Waals surface area contributed by atoms with Crippen LogP contribution in [0.25, 0.3) is 0 Å². The summed E-state index contributed by atoms with van der Waals surface area (Å²) in [6, 6.07) is 5.35. The summed E-state index contributed by atoms with van der Waals surface area (Å²) in [6.45, 7) is 4.04. The molecule has 18 heavy (non-hydrogen) atoms. The number of aryl methyl sites for hydroxylation is 1. The van der Waals surface area contributed by atoms with Crippen LogP contribution < -0.4 is 0 Å². The van der Waals surface area contributed by atoms with E-state index in [0.717, 1.165) is 5.56 Å². The summed E-state index contributed by atoms with van der Waals surface area (Å²) in [5.41, 5.74) is 1.52. The van der Waals surface area contributed by atoms with E-state index in [1.165, 1.54) is 0 Å². The van der Waals surface area contributed by atoms with E-state index in [-0.39, 0.29) is 18.2 Å². The molecule has 0 aliphatic rings. The van der Waals surface area contributed by atoms with Crippen molar-refractivity contribution in [2.24, 2.45) is 0 Å². The minimum atomic E-state index is -0.263. The predicted molar refractivity (Wildman–Crippen MR) is 71.0 cm³/mol. The van der Waals surface area contributed by atoms with Crippen LogP contribution in [-0.4, -0.2) is 18.4 Å². The van der Waals surface area contributed by atoms with Gasteiger partial charge in [0.05, 0.1) is 11.6 Å². The molecule has 0 aliphatic carbocycles. The van der Waals surface area contributed by atoms with Gasteiger partial charge in [-0.2, -0.15) is 0 Å². The zero-order valence-corrected chi connectivity index (χ0v) is 11.4. The van der Waals surface area contributed by atoms with Crippen molar-refractivity contribution >= 4 is 23.4 Å². The first kappa shape index (κ1) is 14.7. The lowest BCUT2D eigenvalue weighted by Gasteiger charge is -2.05. The molecular formula is C14H17ClO3. The van der Waals surface area contributed by atoms with Crippen molar-refractivity contribution in [3.8, 4) is 0 Å². The number of ether oxygens (including phenoxy) is 1. The third kappa shape index (κ3) is 4.49. The Bertz CT molecular complexity index is 441. The number of ketones is 1. The summed E-state index contributed by atoms with van der Waals surface area (Å²) in [6.07, 6.45) is 1.06. The van der Waals surface area contributed by atoms with Crippen molar-refractivity contribution in [3.63, 3.8) is 0 Å². The Kier molecular flexibility index (Phi) is 5.86. The maximum atomic E-state index is 11.9. The van der Waals surface area contributed by atoms with Crippen molar-refractivity contribution in [2.45, 2.75) is 33.1 Å². The van der Waals surface area contributed by atoms with Crippen LogP contribution in [0.5, 0.6) is 0 Å². The Hall–Kier alpha value is -1.35. The third-order valence-corrected chi connectivity index (χ3v) is 2.84. The third-order valence-electron chi connectivity index (χ3n) is 2.51. The molecule has 4 heteroatoms. The standard InChI is InChI=1S/C14H17ClO3/c1-3-18-14(17)6-4-5-13(16)11-9-10(2)7-8-12(11)15/h7-9H,3-6H2,1-2H3. The molecule has 98 valence electrons. The molecule has 0 spiro atoms. The van der Waals surface area contributed by atoms with Crippen LogP contribution in [-0.2, 0) is 9.53 Å². The van der Waals surface area contributed by atoms with Gasteiger partial charge in [0, 0.05) is 18.4 Å². The molecule has 0 saturated heterocycles. The van der Waals surface area contributed by atoms with Crippen molar-refractivity contribution in [1.29, 1.82) is 0 Å². The normalized spacial score (nSPS) is 10.2. The number of rotatable bonds is 6. The Morgan fingerprint density at radius 2 is 2.00 bits per heavy atom. The number of carbonyl (C=O) groups excluding carboxylic acids is 2. The highest BCUT2D eigenvalue weighted by molar-refractivity contribution is 6.34. The lowest BCUT2D eigenvalue weighted by Crippen LogP contribution is -2.06. The molecule has 0 atom stereocenters. The topological polar surface area (TPSA) is 43.4 Å². The van der Waals surface area contributed by atoms with Crippen LogP contribution in [0.1, 0.15) is 42.1 Å². The lowest BCUT2D eigenvalue weighted by atomic mass is 10.0. The van der Waals surface area contributed by atoms with Crippen molar-refractivity contribution in [3.05, 3.63) is 34.3 Å². The van der Waals surface area contributed by atoms with E-state index in [4.69, 9.17) is 16.3 Å². The summed E-state index contributed by atoms with van der Waals surface area (Å²) in [7, 11) is 0. The summed E-state index contributed by atoms with van der Waals surface area (Å²) >= 11 is 5.97. The first-order chi connectivity index (χ1) is 8.54. The molecule has 0 radical (unpaired) electrons. The molecule has 0 heterocycles. The van der Waals surface area contributed by atoms with E-state index < -0.39 is 0 Å². The van der Waals surface area contributed by atoms with Gasteiger partial charge in [-0.15, -0.1) is 0 Å². The molecule has 0 amide bonds. The molecule has 0 bridgehead atoms. The smallest absolute Gasteiger partial charge is 0.305 e. The molecule has 0 aromatic heterocycles. The molecule has 1 aromatic carbocycles. The van der Waals surface area contributed by atoms with E-state index >= 15 is 0 Å². The van der Waals surface area contributed by atoms with E-state index in [0.29, 0.717) is 30.0 Å². The van der Waals surface area contributed by atoms with Gasteiger partial charge in [0.25, 0.3) is 0 Å². The zero-order chi connectivity index (χ0) is 13.5. The molecule has 1 aromatic rings. The number of esters is 1. The first-order valence-corrected chi connectivity index (χ1v) is 6.37. The highest BCUT2D eigenvalue weighted by Crippen LogP contribution is 2.19. The summed E-state index contributed by atoms with van der Waals surface area (Å²) < 4.78 is 4.80. The van der Waals surface area contributed by atoms with Gasteiger partial charge < -0.3 is 4.74 Å². The van der Waals surface area contributed by atoms with Gasteiger partial charge in [-0.1, -0.05) is 23.2 Å². The minimum Gasteiger partial charge on any atom is -0.466 e. The molecule has 1 rings (SSSR count). The Balaban J connectivity index is 2.50. The van der Waals surface area contributed by atoms with Gasteiger partial charge in [0.15, 0.2) is 5.78 Å². The molecule has 0 unspecified atom stereocenters. The van der Waals surface area contributed by atoms with Crippen molar-refractivity contribution in [1.82, 2.24) is 0 Å². The quantitative estimate of drug-likeness (QED) is 0.585. The van der Waals surface area contributed by atoms with Crippen LogP contribution in [0, 0.1) is 6.92 Å². The molecule has 0 aliphatic heterocycles.